The second-order valence-corrected chi connectivity index (χ2v) is 22.4. The number of sulfone groups is 1. The maximum absolute atomic E-state index is 15.1. The molecule has 1 saturated heterocycles. The molecule has 3 atom stereocenters. The van der Waals surface area contributed by atoms with Crippen LogP contribution in [0.5, 0.6) is 11.5 Å². The fourth-order valence-electron chi connectivity index (χ4n) is 7.51. The Balaban J connectivity index is 1.71. The standard InChI is InChI=1S/C37H51NO5S3Si/c1-4-7-22-47(23-8-5-2,24-9-6-3)43-32-16-18-37(17-13-19-38,46(39,40)30-14-11-10-12-15-30)36(32)31-27-34-33(41-28-42-34)25-29(31)26-35-44-20-21-45-35/h10-12,14-16,18,25,27,32,35-36H,4-9,13,17,20-24,26,28H2,1-3H3/t32-,36-,37+/m1/s1. The van der Waals surface area contributed by atoms with E-state index in [1.807, 2.05) is 41.7 Å². The van der Waals surface area contributed by atoms with E-state index in [-0.39, 0.29) is 24.5 Å². The smallest absolute Gasteiger partial charge is 0.231 e. The normalized spacial score (nSPS) is 22.6. The molecule has 0 N–H and O–H groups in total. The zero-order chi connectivity index (χ0) is 33.3. The van der Waals surface area contributed by atoms with Gasteiger partial charge in [-0.15, -0.1) is 23.5 Å². The van der Waals surface area contributed by atoms with Gasteiger partial charge in [0, 0.05) is 23.8 Å². The summed E-state index contributed by atoms with van der Waals surface area (Å²) < 4.78 is 48.7. The second kappa shape index (κ2) is 16.7. The Morgan fingerprint density at radius 1 is 0.957 bits per heavy atom. The molecular formula is C37H51NO5S3Si. The summed E-state index contributed by atoms with van der Waals surface area (Å²) in [6, 6.07) is 18.5. The summed E-state index contributed by atoms with van der Waals surface area (Å²) in [6.45, 7) is 6.88. The molecule has 10 heteroatoms. The maximum atomic E-state index is 15.1. The van der Waals surface area contributed by atoms with E-state index < -0.39 is 34.9 Å². The van der Waals surface area contributed by atoms with Crippen molar-refractivity contribution in [1.29, 1.82) is 5.26 Å². The van der Waals surface area contributed by atoms with Crippen LogP contribution in [0.2, 0.25) is 18.1 Å². The molecule has 0 bridgehead atoms. The van der Waals surface area contributed by atoms with Crippen molar-refractivity contribution in [3.63, 3.8) is 0 Å². The van der Waals surface area contributed by atoms with Crippen LogP contribution in [0.1, 0.15) is 89.2 Å². The Morgan fingerprint density at radius 3 is 2.17 bits per heavy atom. The number of ether oxygens (including phenoxy) is 2. The summed E-state index contributed by atoms with van der Waals surface area (Å²) >= 11 is 3.93. The van der Waals surface area contributed by atoms with Crippen molar-refractivity contribution < 1.29 is 22.3 Å². The molecule has 2 aliphatic heterocycles. The molecule has 2 aromatic carbocycles. The second-order valence-electron chi connectivity index (χ2n) is 13.1. The number of rotatable bonds is 18. The highest BCUT2D eigenvalue weighted by molar-refractivity contribution is 8.20. The van der Waals surface area contributed by atoms with Gasteiger partial charge in [0.1, 0.15) is 4.75 Å². The third-order valence-electron chi connectivity index (χ3n) is 10.00. The Labute approximate surface area is 292 Å². The molecule has 1 fully saturated rings. The van der Waals surface area contributed by atoms with Crippen LogP contribution in [0, 0.1) is 11.3 Å². The molecule has 2 aromatic rings. The molecule has 0 amide bonds. The maximum Gasteiger partial charge on any atom is 0.231 e. The van der Waals surface area contributed by atoms with Gasteiger partial charge in [-0.05, 0) is 66.4 Å². The highest BCUT2D eigenvalue weighted by Crippen LogP contribution is 2.54. The topological polar surface area (TPSA) is 85.6 Å². The number of hydrogen-bond acceptors (Lipinski definition) is 8. The summed E-state index contributed by atoms with van der Waals surface area (Å²) in [5.74, 6) is 3.06. The Kier molecular flexibility index (Phi) is 12.9. The van der Waals surface area contributed by atoms with Crippen molar-refractivity contribution in [1.82, 2.24) is 0 Å². The SMILES string of the molecule is CCCC[Si](CCCC)(CCCC)O[C@@H]1C=C[C@](CCC#N)(S(=O)(=O)c2ccccc2)[C@@H]1c1cc2c(cc1CC1SCCS1)OCO2. The van der Waals surface area contributed by atoms with Gasteiger partial charge in [-0.2, -0.15) is 5.26 Å². The molecule has 256 valence electrons. The van der Waals surface area contributed by atoms with Gasteiger partial charge >= 0.3 is 0 Å². The molecule has 0 saturated carbocycles. The van der Waals surface area contributed by atoms with Crippen LogP contribution in [0.4, 0.5) is 0 Å². The predicted octanol–water partition coefficient (Wildman–Crippen LogP) is 9.66. The third-order valence-corrected chi connectivity index (χ3v) is 20.1. The average Bonchev–Trinajstić information content (AvgIpc) is 3.85. The first-order valence-corrected chi connectivity index (χ1v) is 23.6. The van der Waals surface area contributed by atoms with E-state index in [2.05, 4.69) is 39.0 Å². The van der Waals surface area contributed by atoms with Gasteiger partial charge in [0.2, 0.25) is 6.79 Å². The fourth-order valence-corrected chi connectivity index (χ4v) is 17.4. The summed E-state index contributed by atoms with van der Waals surface area (Å²) in [5.41, 5.74) is 2.05. The van der Waals surface area contributed by atoms with E-state index in [9.17, 15) is 5.26 Å². The molecule has 0 unspecified atom stereocenters. The summed E-state index contributed by atoms with van der Waals surface area (Å²) in [4.78, 5) is 0.281. The number of unbranched alkanes of at least 4 members (excludes halogenated alkanes) is 3. The van der Waals surface area contributed by atoms with E-state index in [4.69, 9.17) is 13.9 Å². The summed E-state index contributed by atoms with van der Waals surface area (Å²) in [5, 5.41) is 9.91. The highest BCUT2D eigenvalue weighted by atomic mass is 32.2. The van der Waals surface area contributed by atoms with Crippen LogP contribution in [0.3, 0.4) is 0 Å². The monoisotopic (exact) mass is 713 g/mol. The minimum Gasteiger partial charge on any atom is -0.454 e. The molecule has 2 heterocycles. The van der Waals surface area contributed by atoms with Crippen LogP contribution in [0.15, 0.2) is 59.5 Å². The highest BCUT2D eigenvalue weighted by Gasteiger charge is 2.57. The summed E-state index contributed by atoms with van der Waals surface area (Å²) in [7, 11) is -6.23. The first-order valence-electron chi connectivity index (χ1n) is 17.5. The lowest BCUT2D eigenvalue weighted by molar-refractivity contribution is 0.173. The van der Waals surface area contributed by atoms with Gasteiger partial charge < -0.3 is 13.9 Å². The van der Waals surface area contributed by atoms with Gasteiger partial charge in [0.15, 0.2) is 29.7 Å². The first-order chi connectivity index (χ1) is 22.8. The van der Waals surface area contributed by atoms with Gasteiger partial charge in [0.25, 0.3) is 0 Å². The quantitative estimate of drug-likeness (QED) is 0.112. The number of nitriles is 1. The number of nitrogens with zero attached hydrogens (tertiary/aromatic N) is 1. The minimum absolute atomic E-state index is 0.123. The van der Waals surface area contributed by atoms with Crippen molar-refractivity contribution in [2.24, 2.45) is 0 Å². The van der Waals surface area contributed by atoms with Gasteiger partial charge in [0.05, 0.1) is 21.7 Å². The van der Waals surface area contributed by atoms with E-state index in [0.29, 0.717) is 16.1 Å². The lowest BCUT2D eigenvalue weighted by atomic mass is 9.80. The lowest BCUT2D eigenvalue weighted by Gasteiger charge is -2.42. The Hall–Kier alpha value is -1.90. The molecule has 1 aliphatic carbocycles. The zero-order valence-corrected chi connectivity index (χ0v) is 31.7. The number of benzene rings is 2. The van der Waals surface area contributed by atoms with E-state index in [1.165, 1.54) is 0 Å². The molecule has 3 aliphatic rings. The van der Waals surface area contributed by atoms with Gasteiger partial charge in [-0.3, -0.25) is 0 Å². The van der Waals surface area contributed by atoms with Crippen LogP contribution in [-0.4, -0.2) is 50.5 Å². The molecule has 47 heavy (non-hydrogen) atoms. The minimum atomic E-state index is -3.95. The Morgan fingerprint density at radius 2 is 1.57 bits per heavy atom. The Bertz CT molecular complexity index is 1480. The molecular weight excluding hydrogens is 663 g/mol. The average molecular weight is 714 g/mol. The third kappa shape index (κ3) is 7.96. The van der Waals surface area contributed by atoms with Gasteiger partial charge in [-0.25, -0.2) is 8.42 Å². The van der Waals surface area contributed by atoms with Crippen LogP contribution in [-0.2, 0) is 20.7 Å². The summed E-state index contributed by atoms with van der Waals surface area (Å²) in [6.07, 6.45) is 11.3. The van der Waals surface area contributed by atoms with Gasteiger partial charge in [-0.1, -0.05) is 89.6 Å². The van der Waals surface area contributed by atoms with Crippen molar-refractivity contribution in [3.8, 4) is 17.6 Å². The van der Waals surface area contributed by atoms with E-state index >= 15 is 8.42 Å². The molecule has 6 nitrogen and oxygen atoms in total. The molecule has 5 rings (SSSR count). The number of hydrogen-bond donors (Lipinski definition) is 0. The fraction of sp³-hybridized carbons (Fsp3) is 0.595. The lowest BCUT2D eigenvalue weighted by Crippen LogP contribution is -2.48. The largest absolute Gasteiger partial charge is 0.454 e. The number of thioether (sulfide) groups is 2. The van der Waals surface area contributed by atoms with Crippen molar-refractivity contribution in [2.45, 2.75) is 123 Å². The molecule has 0 aromatic heterocycles. The van der Waals surface area contributed by atoms with E-state index in [0.717, 1.165) is 85.7 Å². The van der Waals surface area contributed by atoms with Crippen molar-refractivity contribution in [3.05, 3.63) is 65.7 Å². The van der Waals surface area contributed by atoms with Crippen molar-refractivity contribution >= 4 is 41.7 Å². The van der Waals surface area contributed by atoms with Crippen molar-refractivity contribution in [2.75, 3.05) is 18.3 Å². The van der Waals surface area contributed by atoms with Crippen LogP contribution >= 0.6 is 23.5 Å². The molecule has 0 radical (unpaired) electrons. The van der Waals surface area contributed by atoms with Crippen LogP contribution in [0.25, 0.3) is 0 Å². The predicted molar refractivity (Wildman–Crippen MR) is 198 cm³/mol. The van der Waals surface area contributed by atoms with E-state index in [1.54, 1.807) is 24.3 Å². The zero-order valence-electron chi connectivity index (χ0n) is 28.2. The number of fused-ring (bicyclic) bond motifs is 1. The molecule has 0 spiro atoms. The first kappa shape index (κ1) is 36.4. The van der Waals surface area contributed by atoms with Crippen LogP contribution < -0.4 is 9.47 Å².